The summed E-state index contributed by atoms with van der Waals surface area (Å²) in [5, 5.41) is 12.9. The van der Waals surface area contributed by atoms with Gasteiger partial charge in [-0.1, -0.05) is 60.7 Å². The van der Waals surface area contributed by atoms with Gasteiger partial charge in [0, 0.05) is 12.0 Å². The lowest BCUT2D eigenvalue weighted by atomic mass is 9.97. The molecule has 1 aliphatic carbocycles. The molecule has 0 bridgehead atoms. The number of aliphatic hydroxyl groups excluding tert-OH is 1. The molecule has 2 aromatic carbocycles. The highest BCUT2D eigenvalue weighted by atomic mass is 16.3. The van der Waals surface area contributed by atoms with Gasteiger partial charge < -0.3 is 16.2 Å². The summed E-state index contributed by atoms with van der Waals surface area (Å²) >= 11 is 0. The average molecular weight is 310 g/mol. The fourth-order valence-electron chi connectivity index (χ4n) is 3.17. The molecule has 4 nitrogen and oxygen atoms in total. The van der Waals surface area contributed by atoms with E-state index in [4.69, 9.17) is 5.73 Å². The van der Waals surface area contributed by atoms with E-state index in [9.17, 15) is 9.90 Å². The summed E-state index contributed by atoms with van der Waals surface area (Å²) in [7, 11) is 0. The molecular formula is C19H22N2O2. The standard InChI is InChI=1S/C19H22N2O2/c20-16-11-15(12-17(16)22)19(23)21-18(13-7-3-1-4-8-13)14-9-5-2-6-10-14/h1-10,15-18,22H,11-12,20H2,(H,21,23)/t15-,16+,17+/m0/s1. The Hall–Kier alpha value is -2.17. The zero-order valence-corrected chi connectivity index (χ0v) is 12.9. The van der Waals surface area contributed by atoms with E-state index >= 15 is 0 Å². The molecule has 120 valence electrons. The number of carbonyl (C=O) groups excluding carboxylic acids is 1. The molecule has 1 fully saturated rings. The lowest BCUT2D eigenvalue weighted by molar-refractivity contribution is -0.125. The van der Waals surface area contributed by atoms with Gasteiger partial charge in [0.2, 0.25) is 5.91 Å². The van der Waals surface area contributed by atoms with E-state index in [0.29, 0.717) is 12.8 Å². The number of amides is 1. The monoisotopic (exact) mass is 310 g/mol. The Labute approximate surface area is 136 Å². The van der Waals surface area contributed by atoms with Crippen LogP contribution in [-0.4, -0.2) is 23.2 Å². The van der Waals surface area contributed by atoms with Crippen molar-refractivity contribution >= 4 is 5.91 Å². The molecule has 3 rings (SSSR count). The molecule has 2 aromatic rings. The van der Waals surface area contributed by atoms with Crippen molar-refractivity contribution in [3.63, 3.8) is 0 Å². The maximum atomic E-state index is 12.6. The summed E-state index contributed by atoms with van der Waals surface area (Å²) in [4.78, 5) is 12.6. The molecule has 0 saturated heterocycles. The third kappa shape index (κ3) is 3.60. The number of hydrogen-bond acceptors (Lipinski definition) is 3. The molecule has 23 heavy (non-hydrogen) atoms. The fraction of sp³-hybridized carbons (Fsp3) is 0.316. The second-order valence-corrected chi connectivity index (χ2v) is 6.16. The second-order valence-electron chi connectivity index (χ2n) is 6.16. The Balaban J connectivity index is 1.81. The van der Waals surface area contributed by atoms with Crippen LogP contribution < -0.4 is 11.1 Å². The molecule has 4 heteroatoms. The number of hydrogen-bond donors (Lipinski definition) is 3. The molecule has 1 saturated carbocycles. The van der Waals surface area contributed by atoms with Gasteiger partial charge >= 0.3 is 0 Å². The molecular weight excluding hydrogens is 288 g/mol. The van der Waals surface area contributed by atoms with Gasteiger partial charge in [-0.2, -0.15) is 0 Å². The zero-order chi connectivity index (χ0) is 16.2. The van der Waals surface area contributed by atoms with E-state index in [1.54, 1.807) is 0 Å². The van der Waals surface area contributed by atoms with Crippen LogP contribution in [0.2, 0.25) is 0 Å². The molecule has 0 spiro atoms. The predicted molar refractivity (Wildman–Crippen MR) is 89.6 cm³/mol. The molecule has 3 atom stereocenters. The smallest absolute Gasteiger partial charge is 0.224 e. The third-order valence-electron chi connectivity index (χ3n) is 4.50. The van der Waals surface area contributed by atoms with Crippen LogP contribution in [0, 0.1) is 5.92 Å². The Morgan fingerprint density at radius 1 is 1.00 bits per heavy atom. The molecule has 1 aliphatic rings. The summed E-state index contributed by atoms with van der Waals surface area (Å²) in [5.41, 5.74) is 7.90. The van der Waals surface area contributed by atoms with Crippen molar-refractivity contribution in [3.05, 3.63) is 71.8 Å². The van der Waals surface area contributed by atoms with Gasteiger partial charge in [-0.15, -0.1) is 0 Å². The van der Waals surface area contributed by atoms with E-state index in [2.05, 4.69) is 5.32 Å². The minimum atomic E-state index is -0.586. The van der Waals surface area contributed by atoms with Crippen LogP contribution in [0.4, 0.5) is 0 Å². The molecule has 0 heterocycles. The number of aliphatic hydroxyl groups is 1. The second kappa shape index (κ2) is 6.94. The minimum Gasteiger partial charge on any atom is -0.391 e. The Morgan fingerprint density at radius 2 is 1.52 bits per heavy atom. The Morgan fingerprint density at radius 3 is 1.96 bits per heavy atom. The number of rotatable bonds is 4. The highest BCUT2D eigenvalue weighted by Gasteiger charge is 2.35. The van der Waals surface area contributed by atoms with E-state index in [1.807, 2.05) is 60.7 Å². The maximum absolute atomic E-state index is 12.6. The van der Waals surface area contributed by atoms with Gasteiger partial charge in [0.15, 0.2) is 0 Å². The summed E-state index contributed by atoms with van der Waals surface area (Å²) in [6, 6.07) is 19.3. The summed E-state index contributed by atoms with van der Waals surface area (Å²) in [5.74, 6) is -0.273. The Kier molecular flexibility index (Phi) is 4.74. The van der Waals surface area contributed by atoms with Crippen molar-refractivity contribution < 1.29 is 9.90 Å². The van der Waals surface area contributed by atoms with Crippen LogP contribution >= 0.6 is 0 Å². The third-order valence-corrected chi connectivity index (χ3v) is 4.50. The van der Waals surface area contributed by atoms with Crippen molar-refractivity contribution in [3.8, 4) is 0 Å². The molecule has 0 aliphatic heterocycles. The largest absolute Gasteiger partial charge is 0.391 e. The highest BCUT2D eigenvalue weighted by molar-refractivity contribution is 5.80. The first-order chi connectivity index (χ1) is 11.1. The van der Waals surface area contributed by atoms with Gasteiger partial charge in [-0.05, 0) is 24.0 Å². The zero-order valence-electron chi connectivity index (χ0n) is 12.9. The van der Waals surface area contributed by atoms with Crippen LogP contribution in [-0.2, 0) is 4.79 Å². The van der Waals surface area contributed by atoms with Crippen molar-refractivity contribution in [2.45, 2.75) is 31.0 Å². The lowest BCUT2D eigenvalue weighted by Gasteiger charge is -2.22. The van der Waals surface area contributed by atoms with E-state index < -0.39 is 6.10 Å². The van der Waals surface area contributed by atoms with E-state index in [1.165, 1.54) is 0 Å². The average Bonchev–Trinajstić information content (AvgIpc) is 2.93. The molecule has 0 unspecified atom stereocenters. The van der Waals surface area contributed by atoms with Crippen molar-refractivity contribution in [2.24, 2.45) is 11.7 Å². The molecule has 0 aromatic heterocycles. The number of carbonyl (C=O) groups is 1. The fourth-order valence-corrected chi connectivity index (χ4v) is 3.17. The van der Waals surface area contributed by atoms with Crippen molar-refractivity contribution in [2.75, 3.05) is 0 Å². The summed E-state index contributed by atoms with van der Waals surface area (Å²) in [6.07, 6.45) is 0.379. The first-order valence-electron chi connectivity index (χ1n) is 7.99. The van der Waals surface area contributed by atoms with Gasteiger partial charge in [0.1, 0.15) is 0 Å². The van der Waals surface area contributed by atoms with Gasteiger partial charge in [-0.3, -0.25) is 4.79 Å². The van der Waals surface area contributed by atoms with Crippen LogP contribution in [0.25, 0.3) is 0 Å². The van der Waals surface area contributed by atoms with Crippen molar-refractivity contribution in [1.29, 1.82) is 0 Å². The first-order valence-corrected chi connectivity index (χ1v) is 7.99. The van der Waals surface area contributed by atoms with Crippen LogP contribution in [0.15, 0.2) is 60.7 Å². The van der Waals surface area contributed by atoms with Gasteiger partial charge in [0.05, 0.1) is 12.1 Å². The number of nitrogens with one attached hydrogen (secondary N) is 1. The summed E-state index contributed by atoms with van der Waals surface area (Å²) in [6.45, 7) is 0. The molecule has 4 N–H and O–H groups in total. The molecule has 0 radical (unpaired) electrons. The topological polar surface area (TPSA) is 75.4 Å². The maximum Gasteiger partial charge on any atom is 0.224 e. The SMILES string of the molecule is N[C@@H]1C[C@H](C(=O)NC(c2ccccc2)c2ccccc2)C[C@H]1O. The van der Waals surface area contributed by atoms with E-state index in [0.717, 1.165) is 11.1 Å². The van der Waals surface area contributed by atoms with E-state index in [-0.39, 0.29) is 23.9 Å². The highest BCUT2D eigenvalue weighted by Crippen LogP contribution is 2.27. The Bertz CT molecular complexity index is 595. The van der Waals surface area contributed by atoms with Crippen molar-refractivity contribution in [1.82, 2.24) is 5.32 Å². The lowest BCUT2D eigenvalue weighted by Crippen LogP contribution is -2.34. The van der Waals surface area contributed by atoms with Crippen LogP contribution in [0.1, 0.15) is 30.0 Å². The quantitative estimate of drug-likeness (QED) is 0.808. The minimum absolute atomic E-state index is 0.0466. The van der Waals surface area contributed by atoms with Crippen LogP contribution in [0.5, 0.6) is 0 Å². The first kappa shape index (κ1) is 15.7. The number of benzene rings is 2. The van der Waals surface area contributed by atoms with Gasteiger partial charge in [-0.25, -0.2) is 0 Å². The number of nitrogens with two attached hydrogens (primary N) is 1. The molecule has 1 amide bonds. The van der Waals surface area contributed by atoms with Gasteiger partial charge in [0.25, 0.3) is 0 Å². The normalized spacial score (nSPS) is 23.9. The predicted octanol–water partition coefficient (Wildman–Crippen LogP) is 1.99. The summed E-state index contributed by atoms with van der Waals surface area (Å²) < 4.78 is 0. The van der Waals surface area contributed by atoms with Crippen LogP contribution in [0.3, 0.4) is 0 Å².